The minimum atomic E-state index is -4.22. The molecule has 0 saturated carbocycles. The van der Waals surface area contributed by atoms with Gasteiger partial charge in [0.2, 0.25) is 0 Å². The summed E-state index contributed by atoms with van der Waals surface area (Å²) in [6.07, 6.45) is -3.53. The van der Waals surface area contributed by atoms with E-state index in [1.807, 2.05) is 0 Å². The third-order valence-electron chi connectivity index (χ3n) is 2.70. The molecule has 0 amide bonds. The molecule has 1 atom stereocenters. The van der Waals surface area contributed by atoms with E-state index < -0.39 is 24.2 Å². The van der Waals surface area contributed by atoms with Gasteiger partial charge < -0.3 is 10.4 Å². The summed E-state index contributed by atoms with van der Waals surface area (Å²) >= 11 is 0. The van der Waals surface area contributed by atoms with Crippen LogP contribution in [0.2, 0.25) is 0 Å². The summed E-state index contributed by atoms with van der Waals surface area (Å²) in [5.74, 6) is -0.983. The number of hydrogen-bond acceptors (Lipinski definition) is 3. The number of nitrogens with zero attached hydrogens (tertiary/aromatic N) is 1. The van der Waals surface area contributed by atoms with E-state index in [1.165, 1.54) is 7.05 Å². The molecule has 0 aliphatic rings. The van der Waals surface area contributed by atoms with Gasteiger partial charge in [-0.2, -0.15) is 13.2 Å². The maximum absolute atomic E-state index is 12.1. The highest BCUT2D eigenvalue weighted by Crippen LogP contribution is 2.17. The number of nitrogens with one attached hydrogen (secondary N) is 1. The van der Waals surface area contributed by atoms with Gasteiger partial charge in [0, 0.05) is 0 Å². The lowest BCUT2D eigenvalue weighted by Gasteiger charge is -2.27. The van der Waals surface area contributed by atoms with E-state index >= 15 is 0 Å². The number of likely N-dealkylation sites (N-methyl/N-ethyl adjacent to an activating group) is 1. The second kappa shape index (κ2) is 6.94. The zero-order valence-corrected chi connectivity index (χ0v) is 11.0. The van der Waals surface area contributed by atoms with Crippen LogP contribution in [-0.4, -0.2) is 54.4 Å². The molecular weight excluding hydrogens is 249 g/mol. The highest BCUT2D eigenvalue weighted by Gasteiger charge is 2.32. The van der Waals surface area contributed by atoms with Crippen molar-refractivity contribution in [1.82, 2.24) is 10.2 Å². The number of aliphatic carboxylic acids is 1. The molecular formula is C11H21F3N2O2. The lowest BCUT2D eigenvalue weighted by Crippen LogP contribution is -2.49. The third-order valence-corrected chi connectivity index (χ3v) is 2.70. The highest BCUT2D eigenvalue weighted by atomic mass is 19.4. The Balaban J connectivity index is 4.11. The quantitative estimate of drug-likeness (QED) is 0.705. The molecule has 18 heavy (non-hydrogen) atoms. The van der Waals surface area contributed by atoms with E-state index in [0.717, 1.165) is 4.90 Å². The minimum absolute atomic E-state index is 0.216. The summed E-state index contributed by atoms with van der Waals surface area (Å²) in [7, 11) is 1.37. The highest BCUT2D eigenvalue weighted by molar-refractivity contribution is 5.78. The molecule has 4 nitrogen and oxygen atoms in total. The molecule has 0 aromatic heterocycles. The molecule has 0 heterocycles. The molecule has 0 aliphatic heterocycles. The SMILES string of the molecule is CCNC(C)(CCCN(C)CC(F)(F)F)C(=O)O. The number of hydrogen-bond donors (Lipinski definition) is 2. The largest absolute Gasteiger partial charge is 0.480 e. The van der Waals surface area contributed by atoms with Crippen molar-refractivity contribution in [2.45, 2.75) is 38.4 Å². The molecule has 2 N–H and O–H groups in total. The van der Waals surface area contributed by atoms with E-state index in [1.54, 1.807) is 13.8 Å². The van der Waals surface area contributed by atoms with Crippen LogP contribution in [0.15, 0.2) is 0 Å². The normalized spacial score (nSPS) is 15.7. The van der Waals surface area contributed by atoms with E-state index in [0.29, 0.717) is 19.4 Å². The summed E-state index contributed by atoms with van der Waals surface area (Å²) in [5.41, 5.74) is -1.08. The first-order valence-corrected chi connectivity index (χ1v) is 5.84. The van der Waals surface area contributed by atoms with Crippen molar-refractivity contribution in [2.75, 3.05) is 26.7 Å². The summed E-state index contributed by atoms with van der Waals surface area (Å²) in [6.45, 7) is 3.08. The number of carboxylic acids is 1. The molecule has 0 aromatic carbocycles. The zero-order chi connectivity index (χ0) is 14.4. The van der Waals surface area contributed by atoms with Gasteiger partial charge in [0.25, 0.3) is 0 Å². The Bertz CT molecular complexity index is 272. The maximum atomic E-state index is 12.1. The second-order valence-corrected chi connectivity index (χ2v) is 4.62. The van der Waals surface area contributed by atoms with Crippen molar-refractivity contribution in [3.63, 3.8) is 0 Å². The fourth-order valence-electron chi connectivity index (χ4n) is 1.75. The average Bonchev–Trinajstić information content (AvgIpc) is 2.14. The van der Waals surface area contributed by atoms with Gasteiger partial charge in [-0.15, -0.1) is 0 Å². The third kappa shape index (κ3) is 6.80. The van der Waals surface area contributed by atoms with Crippen molar-refractivity contribution in [3.05, 3.63) is 0 Å². The Morgan fingerprint density at radius 3 is 2.33 bits per heavy atom. The van der Waals surface area contributed by atoms with E-state index in [-0.39, 0.29) is 6.54 Å². The zero-order valence-electron chi connectivity index (χ0n) is 11.0. The summed E-state index contributed by atoms with van der Waals surface area (Å²) in [5, 5.41) is 11.9. The van der Waals surface area contributed by atoms with Crippen molar-refractivity contribution >= 4 is 5.97 Å². The predicted molar refractivity (Wildman–Crippen MR) is 62.5 cm³/mol. The number of carboxylic acid groups (broad SMARTS) is 1. The average molecular weight is 270 g/mol. The monoisotopic (exact) mass is 270 g/mol. The number of carbonyl (C=O) groups is 1. The van der Waals surface area contributed by atoms with Crippen LogP contribution in [0.25, 0.3) is 0 Å². The summed E-state index contributed by atoms with van der Waals surface area (Å²) in [4.78, 5) is 12.2. The molecule has 0 aliphatic carbocycles. The Morgan fingerprint density at radius 2 is 1.94 bits per heavy atom. The van der Waals surface area contributed by atoms with Crippen LogP contribution in [0, 0.1) is 0 Å². The fourth-order valence-corrected chi connectivity index (χ4v) is 1.75. The first-order valence-electron chi connectivity index (χ1n) is 5.84. The van der Waals surface area contributed by atoms with Crippen LogP contribution in [0.4, 0.5) is 13.2 Å². The van der Waals surface area contributed by atoms with Crippen molar-refractivity contribution in [2.24, 2.45) is 0 Å². The topological polar surface area (TPSA) is 52.6 Å². The van der Waals surface area contributed by atoms with E-state index in [4.69, 9.17) is 5.11 Å². The smallest absolute Gasteiger partial charge is 0.401 e. The molecule has 7 heteroatoms. The standard InChI is InChI=1S/C11H21F3N2O2/c1-4-15-10(2,9(17)18)6-5-7-16(3)8-11(12,13)14/h15H,4-8H2,1-3H3,(H,17,18). The van der Waals surface area contributed by atoms with Crippen LogP contribution in [0.5, 0.6) is 0 Å². The molecule has 0 rings (SSSR count). The molecule has 0 radical (unpaired) electrons. The molecule has 0 aromatic rings. The summed E-state index contributed by atoms with van der Waals surface area (Å²) < 4.78 is 36.2. The molecule has 0 spiro atoms. The van der Waals surface area contributed by atoms with Crippen molar-refractivity contribution < 1.29 is 23.1 Å². The molecule has 108 valence electrons. The number of alkyl halides is 3. The van der Waals surface area contributed by atoms with Gasteiger partial charge >= 0.3 is 12.1 Å². The first kappa shape index (κ1) is 17.2. The summed E-state index contributed by atoms with van der Waals surface area (Å²) in [6, 6.07) is 0. The van der Waals surface area contributed by atoms with Gasteiger partial charge in [0.1, 0.15) is 5.54 Å². The maximum Gasteiger partial charge on any atom is 0.401 e. The Morgan fingerprint density at radius 1 is 1.39 bits per heavy atom. The van der Waals surface area contributed by atoms with Gasteiger partial charge in [0.15, 0.2) is 0 Å². The van der Waals surface area contributed by atoms with E-state index in [9.17, 15) is 18.0 Å². The van der Waals surface area contributed by atoms with Crippen LogP contribution >= 0.6 is 0 Å². The predicted octanol–water partition coefficient (Wildman–Crippen LogP) is 1.71. The van der Waals surface area contributed by atoms with Crippen LogP contribution < -0.4 is 5.32 Å². The fraction of sp³-hybridized carbons (Fsp3) is 0.909. The lowest BCUT2D eigenvalue weighted by atomic mass is 9.96. The van der Waals surface area contributed by atoms with Crippen molar-refractivity contribution in [3.8, 4) is 0 Å². The Labute approximate surface area is 105 Å². The van der Waals surface area contributed by atoms with Crippen LogP contribution in [0.3, 0.4) is 0 Å². The van der Waals surface area contributed by atoms with Gasteiger partial charge in [-0.1, -0.05) is 6.92 Å². The van der Waals surface area contributed by atoms with Gasteiger partial charge in [-0.3, -0.25) is 9.69 Å². The van der Waals surface area contributed by atoms with Gasteiger partial charge in [-0.05, 0) is 39.9 Å². The molecule has 1 unspecified atom stereocenters. The number of rotatable bonds is 8. The second-order valence-electron chi connectivity index (χ2n) is 4.62. The molecule has 0 fully saturated rings. The van der Waals surface area contributed by atoms with E-state index in [2.05, 4.69) is 5.32 Å². The van der Waals surface area contributed by atoms with Crippen molar-refractivity contribution in [1.29, 1.82) is 0 Å². The first-order chi connectivity index (χ1) is 8.10. The molecule has 0 saturated heterocycles. The van der Waals surface area contributed by atoms with Gasteiger partial charge in [0.05, 0.1) is 6.54 Å². The Kier molecular flexibility index (Phi) is 6.62. The van der Waals surface area contributed by atoms with Crippen LogP contribution in [0.1, 0.15) is 26.7 Å². The molecule has 0 bridgehead atoms. The lowest BCUT2D eigenvalue weighted by molar-refractivity contribution is -0.146. The van der Waals surface area contributed by atoms with Crippen LogP contribution in [-0.2, 0) is 4.79 Å². The number of halogens is 3. The van der Waals surface area contributed by atoms with Gasteiger partial charge in [-0.25, -0.2) is 0 Å². The Hall–Kier alpha value is -0.820. The minimum Gasteiger partial charge on any atom is -0.480 e.